The maximum absolute atomic E-state index is 11.9. The molecule has 1 fully saturated rings. The standard InChI is InChI=1S/C13H21N3O3/c1-8-11(9(2)16-15-8)6-12(17)14-7-13(18)4-5-19-10(13)3/h10,18H,4-7H2,1-3H3,(H,14,17)(H,15,16). The summed E-state index contributed by atoms with van der Waals surface area (Å²) >= 11 is 0. The zero-order chi connectivity index (χ0) is 14.0. The summed E-state index contributed by atoms with van der Waals surface area (Å²) in [6.45, 7) is 6.34. The first-order valence-corrected chi connectivity index (χ1v) is 6.53. The SMILES string of the molecule is Cc1n[nH]c(C)c1CC(=O)NCC1(O)CCOC1C. The van der Waals surface area contributed by atoms with E-state index >= 15 is 0 Å². The average Bonchev–Trinajstić information content (AvgIpc) is 2.85. The Bertz CT molecular complexity index is 452. The smallest absolute Gasteiger partial charge is 0.224 e. The number of carbonyl (C=O) groups excluding carboxylic acids is 1. The Hall–Kier alpha value is -1.40. The number of hydrogen-bond acceptors (Lipinski definition) is 4. The van der Waals surface area contributed by atoms with Crippen LogP contribution in [0.2, 0.25) is 0 Å². The largest absolute Gasteiger partial charge is 0.385 e. The molecule has 0 saturated carbocycles. The van der Waals surface area contributed by atoms with E-state index in [1.165, 1.54) is 0 Å². The number of aryl methyl sites for hydroxylation is 2. The number of hydrogen-bond donors (Lipinski definition) is 3. The first kappa shape index (κ1) is 14.0. The second-order valence-electron chi connectivity index (χ2n) is 5.23. The number of aromatic nitrogens is 2. The third-order valence-electron chi connectivity index (χ3n) is 3.87. The molecule has 1 aromatic rings. The highest BCUT2D eigenvalue weighted by Crippen LogP contribution is 2.24. The lowest BCUT2D eigenvalue weighted by molar-refractivity contribution is -0.122. The van der Waals surface area contributed by atoms with Crippen LogP contribution >= 0.6 is 0 Å². The summed E-state index contributed by atoms with van der Waals surface area (Å²) < 4.78 is 5.33. The summed E-state index contributed by atoms with van der Waals surface area (Å²) in [5.41, 5.74) is 1.71. The second-order valence-corrected chi connectivity index (χ2v) is 5.23. The molecular formula is C13H21N3O3. The number of rotatable bonds is 4. The lowest BCUT2D eigenvalue weighted by atomic mass is 9.96. The van der Waals surface area contributed by atoms with Gasteiger partial charge in [0.1, 0.15) is 5.60 Å². The number of aliphatic hydroxyl groups is 1. The molecule has 19 heavy (non-hydrogen) atoms. The van der Waals surface area contributed by atoms with Crippen molar-refractivity contribution in [2.24, 2.45) is 0 Å². The van der Waals surface area contributed by atoms with Gasteiger partial charge < -0.3 is 15.2 Å². The normalized spacial score (nSPS) is 26.6. The number of aromatic amines is 1. The van der Waals surface area contributed by atoms with Crippen molar-refractivity contribution < 1.29 is 14.6 Å². The lowest BCUT2D eigenvalue weighted by Crippen LogP contribution is -2.47. The van der Waals surface area contributed by atoms with Gasteiger partial charge in [-0.1, -0.05) is 0 Å². The van der Waals surface area contributed by atoms with Crippen molar-refractivity contribution in [1.29, 1.82) is 0 Å². The van der Waals surface area contributed by atoms with Crippen molar-refractivity contribution in [3.8, 4) is 0 Å². The van der Waals surface area contributed by atoms with E-state index in [2.05, 4.69) is 15.5 Å². The fourth-order valence-electron chi connectivity index (χ4n) is 2.31. The molecule has 106 valence electrons. The van der Waals surface area contributed by atoms with Crippen LogP contribution in [0.5, 0.6) is 0 Å². The molecule has 0 aromatic carbocycles. The summed E-state index contributed by atoms with van der Waals surface area (Å²) in [6, 6.07) is 0. The van der Waals surface area contributed by atoms with Crippen LogP contribution in [-0.2, 0) is 16.0 Å². The van der Waals surface area contributed by atoms with Crippen molar-refractivity contribution in [3.05, 3.63) is 17.0 Å². The zero-order valence-electron chi connectivity index (χ0n) is 11.6. The number of ether oxygens (including phenoxy) is 1. The van der Waals surface area contributed by atoms with Gasteiger partial charge in [-0.2, -0.15) is 5.10 Å². The van der Waals surface area contributed by atoms with E-state index in [-0.39, 0.29) is 25.0 Å². The summed E-state index contributed by atoms with van der Waals surface area (Å²) in [5.74, 6) is -0.111. The molecule has 0 aliphatic carbocycles. The van der Waals surface area contributed by atoms with Crippen molar-refractivity contribution in [1.82, 2.24) is 15.5 Å². The quantitative estimate of drug-likeness (QED) is 0.728. The molecule has 6 nitrogen and oxygen atoms in total. The zero-order valence-corrected chi connectivity index (χ0v) is 11.6. The van der Waals surface area contributed by atoms with Gasteiger partial charge in [0.15, 0.2) is 0 Å². The van der Waals surface area contributed by atoms with E-state index in [0.717, 1.165) is 17.0 Å². The fourth-order valence-corrected chi connectivity index (χ4v) is 2.31. The highest BCUT2D eigenvalue weighted by molar-refractivity contribution is 5.79. The van der Waals surface area contributed by atoms with E-state index in [1.54, 1.807) is 0 Å². The molecular weight excluding hydrogens is 246 g/mol. The van der Waals surface area contributed by atoms with E-state index < -0.39 is 5.60 Å². The monoisotopic (exact) mass is 267 g/mol. The Balaban J connectivity index is 1.89. The molecule has 0 spiro atoms. The van der Waals surface area contributed by atoms with Gasteiger partial charge in [-0.15, -0.1) is 0 Å². The summed E-state index contributed by atoms with van der Waals surface area (Å²) in [4.78, 5) is 11.9. The minimum Gasteiger partial charge on any atom is -0.385 e. The molecule has 2 heterocycles. The molecule has 1 amide bonds. The fraction of sp³-hybridized carbons (Fsp3) is 0.692. The van der Waals surface area contributed by atoms with Crippen LogP contribution in [0.4, 0.5) is 0 Å². The molecule has 3 N–H and O–H groups in total. The van der Waals surface area contributed by atoms with E-state index in [9.17, 15) is 9.90 Å². The number of nitrogens with one attached hydrogen (secondary N) is 2. The molecule has 1 aliphatic heterocycles. The van der Waals surface area contributed by atoms with Gasteiger partial charge in [-0.3, -0.25) is 9.89 Å². The van der Waals surface area contributed by atoms with Crippen molar-refractivity contribution in [3.63, 3.8) is 0 Å². The van der Waals surface area contributed by atoms with Gasteiger partial charge in [-0.05, 0) is 20.8 Å². The van der Waals surface area contributed by atoms with Crippen molar-refractivity contribution in [2.45, 2.75) is 45.3 Å². The van der Waals surface area contributed by atoms with Crippen LogP contribution in [-0.4, -0.2) is 46.1 Å². The molecule has 1 aliphatic rings. The molecule has 2 unspecified atom stereocenters. The third kappa shape index (κ3) is 2.96. The number of H-pyrrole nitrogens is 1. The number of amides is 1. The Kier molecular flexibility index (Phi) is 3.91. The average molecular weight is 267 g/mol. The van der Waals surface area contributed by atoms with Gasteiger partial charge in [-0.25, -0.2) is 0 Å². The Morgan fingerprint density at radius 1 is 1.63 bits per heavy atom. The third-order valence-corrected chi connectivity index (χ3v) is 3.87. The Morgan fingerprint density at radius 2 is 2.37 bits per heavy atom. The van der Waals surface area contributed by atoms with Crippen LogP contribution in [0.25, 0.3) is 0 Å². The van der Waals surface area contributed by atoms with Gasteiger partial charge in [0.2, 0.25) is 5.91 Å². The predicted octanol–water partition coefficient (Wildman–Crippen LogP) is 0.225. The first-order chi connectivity index (χ1) is 8.92. The molecule has 2 rings (SSSR count). The van der Waals surface area contributed by atoms with E-state index in [0.29, 0.717) is 13.0 Å². The predicted molar refractivity (Wildman–Crippen MR) is 69.8 cm³/mol. The number of carbonyl (C=O) groups is 1. The van der Waals surface area contributed by atoms with Crippen LogP contribution < -0.4 is 5.32 Å². The highest BCUT2D eigenvalue weighted by atomic mass is 16.5. The minimum absolute atomic E-state index is 0.111. The van der Waals surface area contributed by atoms with E-state index in [4.69, 9.17) is 4.74 Å². The Labute approximate surface area is 112 Å². The summed E-state index contributed by atoms with van der Waals surface area (Å²) in [7, 11) is 0. The van der Waals surface area contributed by atoms with Crippen LogP contribution in [0.3, 0.4) is 0 Å². The van der Waals surface area contributed by atoms with Crippen molar-refractivity contribution in [2.75, 3.05) is 13.2 Å². The molecule has 0 radical (unpaired) electrons. The minimum atomic E-state index is -0.948. The second kappa shape index (κ2) is 5.30. The topological polar surface area (TPSA) is 87.2 Å². The maximum atomic E-state index is 11.9. The highest BCUT2D eigenvalue weighted by Gasteiger charge is 2.39. The lowest BCUT2D eigenvalue weighted by Gasteiger charge is -2.26. The maximum Gasteiger partial charge on any atom is 0.224 e. The van der Waals surface area contributed by atoms with Gasteiger partial charge in [0.25, 0.3) is 0 Å². The summed E-state index contributed by atoms with van der Waals surface area (Å²) in [6.07, 6.45) is 0.586. The van der Waals surface area contributed by atoms with Gasteiger partial charge in [0, 0.05) is 30.8 Å². The van der Waals surface area contributed by atoms with Crippen LogP contribution in [0, 0.1) is 13.8 Å². The van der Waals surface area contributed by atoms with Gasteiger partial charge in [0.05, 0.1) is 18.2 Å². The van der Waals surface area contributed by atoms with Gasteiger partial charge >= 0.3 is 0 Å². The molecule has 1 aromatic heterocycles. The number of nitrogens with zero attached hydrogens (tertiary/aromatic N) is 1. The molecule has 2 atom stereocenters. The van der Waals surface area contributed by atoms with E-state index in [1.807, 2.05) is 20.8 Å². The Morgan fingerprint density at radius 3 is 2.89 bits per heavy atom. The van der Waals surface area contributed by atoms with Crippen LogP contribution in [0.15, 0.2) is 0 Å². The summed E-state index contributed by atoms with van der Waals surface area (Å²) in [5, 5.41) is 20.0. The van der Waals surface area contributed by atoms with Crippen LogP contribution in [0.1, 0.15) is 30.3 Å². The first-order valence-electron chi connectivity index (χ1n) is 6.53. The molecule has 0 bridgehead atoms. The molecule has 6 heteroatoms. The van der Waals surface area contributed by atoms with Crippen molar-refractivity contribution >= 4 is 5.91 Å². The molecule has 1 saturated heterocycles.